The number of rotatable bonds is 1. The van der Waals surface area contributed by atoms with E-state index in [1.54, 1.807) is 20.8 Å². The molecule has 0 unspecified atom stereocenters. The lowest BCUT2D eigenvalue weighted by atomic mass is 9.96. The molecule has 0 atom stereocenters. The molecule has 1 aliphatic carbocycles. The van der Waals surface area contributed by atoms with E-state index in [2.05, 4.69) is 5.32 Å². The number of hydrogen-bond acceptors (Lipinski definition) is 3. The minimum Gasteiger partial charge on any atom is -0.443 e. The average molecular weight is 256 g/mol. The second-order valence-electron chi connectivity index (χ2n) is 5.82. The standard InChI is InChI=1S/C13H24N2O3/c1-13(2,3)18-12(17)15(4)11(16)14-10-8-6-5-7-9-10/h10H,5-9H2,1-4H3,(H,14,16). The minimum absolute atomic E-state index is 0.191. The van der Waals surface area contributed by atoms with Crippen molar-refractivity contribution in [2.24, 2.45) is 0 Å². The Bertz CT molecular complexity index is 304. The quantitative estimate of drug-likeness (QED) is 0.784. The molecule has 0 aliphatic heterocycles. The van der Waals surface area contributed by atoms with E-state index >= 15 is 0 Å². The second-order valence-corrected chi connectivity index (χ2v) is 5.82. The van der Waals surface area contributed by atoms with Crippen molar-refractivity contribution in [2.75, 3.05) is 7.05 Å². The SMILES string of the molecule is CN(C(=O)NC1CCCCC1)C(=O)OC(C)(C)C. The van der Waals surface area contributed by atoms with Crippen LogP contribution in [0.2, 0.25) is 0 Å². The normalized spacial score (nSPS) is 17.1. The summed E-state index contributed by atoms with van der Waals surface area (Å²) in [6.07, 6.45) is 4.88. The van der Waals surface area contributed by atoms with Crippen LogP contribution in [0.4, 0.5) is 9.59 Å². The van der Waals surface area contributed by atoms with E-state index in [0.717, 1.165) is 30.6 Å². The van der Waals surface area contributed by atoms with Crippen LogP contribution in [0, 0.1) is 0 Å². The van der Waals surface area contributed by atoms with Crippen molar-refractivity contribution in [3.8, 4) is 0 Å². The first kappa shape index (κ1) is 14.8. The van der Waals surface area contributed by atoms with Crippen LogP contribution in [0.25, 0.3) is 0 Å². The molecule has 3 amide bonds. The van der Waals surface area contributed by atoms with Crippen LogP contribution < -0.4 is 5.32 Å². The summed E-state index contributed by atoms with van der Waals surface area (Å²) in [5.41, 5.74) is -0.587. The predicted molar refractivity (Wildman–Crippen MR) is 69.4 cm³/mol. The zero-order chi connectivity index (χ0) is 13.8. The Morgan fingerprint density at radius 2 is 1.72 bits per heavy atom. The second kappa shape index (κ2) is 6.07. The molecule has 0 bridgehead atoms. The number of carbonyl (C=O) groups excluding carboxylic acids is 2. The average Bonchev–Trinajstić information content (AvgIpc) is 2.27. The fourth-order valence-corrected chi connectivity index (χ4v) is 1.93. The molecular formula is C13H24N2O3. The maximum absolute atomic E-state index is 11.9. The Kier molecular flexibility index (Phi) is 4.99. The lowest BCUT2D eigenvalue weighted by Gasteiger charge is -2.27. The van der Waals surface area contributed by atoms with Gasteiger partial charge in [0.1, 0.15) is 5.60 Å². The molecule has 104 valence electrons. The molecule has 0 aromatic rings. The zero-order valence-corrected chi connectivity index (χ0v) is 11.8. The van der Waals surface area contributed by atoms with E-state index < -0.39 is 11.7 Å². The monoisotopic (exact) mass is 256 g/mol. The molecule has 5 heteroatoms. The largest absolute Gasteiger partial charge is 0.443 e. The van der Waals surface area contributed by atoms with Crippen molar-refractivity contribution in [1.82, 2.24) is 10.2 Å². The van der Waals surface area contributed by atoms with Gasteiger partial charge >= 0.3 is 12.1 Å². The topological polar surface area (TPSA) is 58.6 Å². The summed E-state index contributed by atoms with van der Waals surface area (Å²) in [4.78, 5) is 24.5. The molecular weight excluding hydrogens is 232 g/mol. The van der Waals surface area contributed by atoms with Gasteiger partial charge in [0.05, 0.1) is 0 Å². The maximum atomic E-state index is 11.9. The molecule has 5 nitrogen and oxygen atoms in total. The Labute approximate surface area is 109 Å². The lowest BCUT2D eigenvalue weighted by Crippen LogP contribution is -2.47. The van der Waals surface area contributed by atoms with Gasteiger partial charge in [0.25, 0.3) is 0 Å². The minimum atomic E-state index is -0.615. The fraction of sp³-hybridized carbons (Fsp3) is 0.846. The van der Waals surface area contributed by atoms with Crippen LogP contribution in [0.5, 0.6) is 0 Å². The van der Waals surface area contributed by atoms with Gasteiger partial charge in [-0.1, -0.05) is 19.3 Å². The van der Waals surface area contributed by atoms with E-state index in [1.165, 1.54) is 13.5 Å². The van der Waals surface area contributed by atoms with Crippen LogP contribution in [0.1, 0.15) is 52.9 Å². The van der Waals surface area contributed by atoms with Crippen molar-refractivity contribution in [3.05, 3.63) is 0 Å². The first-order chi connectivity index (χ1) is 8.29. The van der Waals surface area contributed by atoms with E-state index in [4.69, 9.17) is 4.74 Å². The Hall–Kier alpha value is -1.26. The van der Waals surface area contributed by atoms with Gasteiger partial charge in [-0.3, -0.25) is 0 Å². The zero-order valence-electron chi connectivity index (χ0n) is 11.8. The summed E-state index contributed by atoms with van der Waals surface area (Å²) >= 11 is 0. The van der Waals surface area contributed by atoms with E-state index in [9.17, 15) is 9.59 Å². The van der Waals surface area contributed by atoms with Crippen LogP contribution in [0.3, 0.4) is 0 Å². The molecule has 0 spiro atoms. The van der Waals surface area contributed by atoms with Crippen LogP contribution in [-0.2, 0) is 4.74 Å². The molecule has 0 aromatic carbocycles. The van der Waals surface area contributed by atoms with Gasteiger partial charge in [-0.2, -0.15) is 0 Å². The van der Waals surface area contributed by atoms with Crippen molar-refractivity contribution >= 4 is 12.1 Å². The number of amides is 3. The van der Waals surface area contributed by atoms with E-state index in [-0.39, 0.29) is 12.1 Å². The number of imide groups is 1. The number of carbonyl (C=O) groups is 2. The van der Waals surface area contributed by atoms with E-state index in [0.29, 0.717) is 0 Å². The molecule has 1 fully saturated rings. The number of ether oxygens (including phenoxy) is 1. The number of nitrogens with one attached hydrogen (secondary N) is 1. The number of hydrogen-bond donors (Lipinski definition) is 1. The molecule has 1 saturated carbocycles. The third-order valence-corrected chi connectivity index (χ3v) is 2.90. The Morgan fingerprint density at radius 3 is 2.22 bits per heavy atom. The molecule has 0 heterocycles. The molecule has 0 saturated heterocycles. The van der Waals surface area contributed by atoms with Gasteiger partial charge in [0.15, 0.2) is 0 Å². The Balaban J connectivity index is 2.42. The molecule has 1 rings (SSSR count). The number of urea groups is 1. The summed E-state index contributed by atoms with van der Waals surface area (Å²) < 4.78 is 5.14. The van der Waals surface area contributed by atoms with Crippen molar-refractivity contribution in [3.63, 3.8) is 0 Å². The predicted octanol–water partition coefficient (Wildman–Crippen LogP) is 2.90. The van der Waals surface area contributed by atoms with Crippen molar-refractivity contribution in [2.45, 2.75) is 64.5 Å². The van der Waals surface area contributed by atoms with E-state index in [1.807, 2.05) is 0 Å². The first-order valence-electron chi connectivity index (χ1n) is 6.57. The van der Waals surface area contributed by atoms with Crippen LogP contribution in [-0.4, -0.2) is 35.7 Å². The highest BCUT2D eigenvalue weighted by Gasteiger charge is 2.25. The van der Waals surface area contributed by atoms with Gasteiger partial charge < -0.3 is 10.1 Å². The third kappa shape index (κ3) is 4.94. The highest BCUT2D eigenvalue weighted by Crippen LogP contribution is 2.17. The van der Waals surface area contributed by atoms with Gasteiger partial charge in [0.2, 0.25) is 0 Å². The van der Waals surface area contributed by atoms with Crippen molar-refractivity contribution in [1.29, 1.82) is 0 Å². The van der Waals surface area contributed by atoms with Gasteiger partial charge in [-0.25, -0.2) is 14.5 Å². The third-order valence-electron chi connectivity index (χ3n) is 2.90. The van der Waals surface area contributed by atoms with Gasteiger partial charge in [-0.05, 0) is 33.6 Å². The number of nitrogens with zero attached hydrogens (tertiary/aromatic N) is 1. The molecule has 18 heavy (non-hydrogen) atoms. The van der Waals surface area contributed by atoms with Crippen LogP contribution in [0.15, 0.2) is 0 Å². The van der Waals surface area contributed by atoms with Gasteiger partial charge in [0, 0.05) is 13.1 Å². The lowest BCUT2D eigenvalue weighted by molar-refractivity contribution is 0.0356. The molecule has 1 aliphatic rings. The highest BCUT2D eigenvalue weighted by atomic mass is 16.6. The molecule has 1 N–H and O–H groups in total. The van der Waals surface area contributed by atoms with Crippen molar-refractivity contribution < 1.29 is 14.3 Å². The summed E-state index contributed by atoms with van der Waals surface area (Å²) in [5, 5.41) is 2.87. The maximum Gasteiger partial charge on any atom is 0.418 e. The highest BCUT2D eigenvalue weighted by molar-refractivity contribution is 5.90. The fourth-order valence-electron chi connectivity index (χ4n) is 1.93. The summed E-state index contributed by atoms with van der Waals surface area (Å²) in [5.74, 6) is 0. The molecule has 0 radical (unpaired) electrons. The Morgan fingerprint density at radius 1 is 1.17 bits per heavy atom. The van der Waals surface area contributed by atoms with Crippen LogP contribution >= 0.6 is 0 Å². The first-order valence-corrected chi connectivity index (χ1v) is 6.57. The van der Waals surface area contributed by atoms with Gasteiger partial charge in [-0.15, -0.1) is 0 Å². The summed E-state index contributed by atoms with van der Waals surface area (Å²) in [7, 11) is 1.44. The summed E-state index contributed by atoms with van der Waals surface area (Å²) in [6, 6.07) is -0.188. The molecule has 0 aromatic heterocycles. The smallest absolute Gasteiger partial charge is 0.418 e. The summed E-state index contributed by atoms with van der Waals surface area (Å²) in [6.45, 7) is 5.33.